The minimum absolute atomic E-state index is 0.336. The van der Waals surface area contributed by atoms with E-state index in [2.05, 4.69) is 21.3 Å². The van der Waals surface area contributed by atoms with Crippen LogP contribution in [0.5, 0.6) is 0 Å². The van der Waals surface area contributed by atoms with Crippen molar-refractivity contribution in [1.29, 1.82) is 0 Å². The molecule has 128 heavy (non-hydrogen) atoms. The van der Waals surface area contributed by atoms with Gasteiger partial charge in [-0.2, -0.15) is 0 Å². The number of benzene rings is 2. The average molecular weight is 1820 g/mol. The first kappa shape index (κ1) is 102. The Labute approximate surface area is 730 Å². The lowest BCUT2D eigenvalue weighted by atomic mass is 9.93. The number of carbonyl (C=O) groups is 18. The second-order valence-corrected chi connectivity index (χ2v) is 30.0. The van der Waals surface area contributed by atoms with Crippen molar-refractivity contribution in [3.8, 4) is 11.1 Å². The van der Waals surface area contributed by atoms with E-state index in [1.54, 1.807) is 12.1 Å². The van der Waals surface area contributed by atoms with E-state index in [-0.39, 0.29) is 6.61 Å². The van der Waals surface area contributed by atoms with Gasteiger partial charge in [-0.25, -0.2) is 9.59 Å². The predicted molar refractivity (Wildman–Crippen MR) is 413 cm³/mol. The maximum Gasteiger partial charge on any atom is 0.407 e. The second kappa shape index (κ2) is 46.3. The molecule has 0 unspecified atom stereocenters. The number of hydrogen-bond acceptors (Lipinski definition) is 42. The molecule has 0 spiro atoms. The highest BCUT2D eigenvalue weighted by molar-refractivity contribution is 5.82. The molecule has 8 rings (SSSR count). The zero-order chi connectivity index (χ0) is 94.6. The van der Waals surface area contributed by atoms with E-state index in [4.69, 9.17) is 114 Å². The lowest BCUT2D eigenvalue weighted by Crippen LogP contribution is -2.72. The fourth-order valence-corrected chi connectivity index (χ4v) is 15.2. The van der Waals surface area contributed by atoms with Crippen LogP contribution in [0.4, 0.5) is 4.79 Å². The number of amides is 4. The lowest BCUT2D eigenvalue weighted by molar-refractivity contribution is -0.365. The van der Waals surface area contributed by atoms with Crippen LogP contribution in [0, 0.1) is 0 Å². The third-order valence-electron chi connectivity index (χ3n) is 19.8. The standard InChI is InChI=1S/C81H104N4O43/c1-32(59(75(102)103)85-81(104)110-26-53-51-24-20-18-22-49(51)50-23-19-21-25-52(50)53)111-77-62(84-35(4)88)70(128-78-61(83-34(3)87)69(116-44(13)97)65(55(123-78)28-106-37(6)90)127-80-74(120-48(17)101)72(118-46(15)99)67(114-42(11)95)57(125-80)30-108-39(8)92)63(112-40(9)93)58(122-77)31-109-76-60(82-33(2)86)68(115-43(12)96)64(54(121-76)27-105-36(5)89)126-79-73(119-47(16)100)71(117-45(14)98)66(113-41(10)94)56(124-79)29-107-38(7)91/h18-25,32,53-74,76-80H,26-31H2,1-17H3,(H,82,86)(H,83,87)(H,84,88)(H,85,104)(H,102,103)/t32-,54+,55+,56+,57+,58+,59-,60+,61+,62+,63-,64+,65+,66-,67-,68+,69+,70+,71-,72-,73+,74+,76+,77-,78-,79-,80-/m0/s1. The second-order valence-electron chi connectivity index (χ2n) is 30.0. The van der Waals surface area contributed by atoms with Crippen molar-refractivity contribution < 1.29 is 205 Å². The summed E-state index contributed by atoms with van der Waals surface area (Å²) in [4.78, 5) is 240. The topological polar surface area (TPSA) is 597 Å². The molecule has 47 heteroatoms. The predicted octanol–water partition coefficient (Wildman–Crippen LogP) is -0.668. The largest absolute Gasteiger partial charge is 0.480 e. The van der Waals surface area contributed by atoms with Crippen molar-refractivity contribution in [1.82, 2.24) is 21.3 Å². The SMILES string of the molecule is CC(=O)N[C@H]1[C@@H](O[C@@H](C)[C@H](NC(=O)OCC2c3ccccc3-c3ccccc32)C(=O)O)O[C@H](CO[C@@H]2O[C@H](COC(C)=O)[C@@H](O[C@@H]3O[C@H](COC(C)=O)[C@H](OC(C)=O)[C@H](OC(C)=O)[C@H]3OC(C)=O)[C@H](OC(C)=O)[C@H]2NC(C)=O)[C@H](OC(C)=O)[C@@H]1O[C@@H]1O[C@H](COC(C)=O)[C@@H](O[C@@H]2O[C@H](COC(C)=O)[C@H](OC(C)=O)[C@H](OC(C)=O)[C@H]2OC(C)=O)[C@H](OC(C)=O)[C@H]1NC(C)=O. The summed E-state index contributed by atoms with van der Waals surface area (Å²) in [7, 11) is 0. The van der Waals surface area contributed by atoms with E-state index in [1.165, 1.54) is 0 Å². The van der Waals surface area contributed by atoms with E-state index in [0.717, 1.165) is 140 Å². The van der Waals surface area contributed by atoms with Gasteiger partial charge < -0.3 is 140 Å². The Morgan fingerprint density at radius 1 is 0.312 bits per heavy atom. The number of aliphatic carboxylic acids is 1. The van der Waals surface area contributed by atoms with Crippen molar-refractivity contribution in [2.75, 3.05) is 39.6 Å². The quantitative estimate of drug-likeness (QED) is 0.0417. The summed E-state index contributed by atoms with van der Waals surface area (Å²) in [5, 5.41) is 21.0. The zero-order valence-electron chi connectivity index (χ0n) is 72.6. The highest BCUT2D eigenvalue weighted by Crippen LogP contribution is 2.46. The third-order valence-corrected chi connectivity index (χ3v) is 19.8. The van der Waals surface area contributed by atoms with Crippen LogP contribution in [0.15, 0.2) is 48.5 Å². The molecule has 2 aromatic rings. The van der Waals surface area contributed by atoms with Gasteiger partial charge in [-0.1, -0.05) is 48.5 Å². The first-order valence-electron chi connectivity index (χ1n) is 40.0. The highest BCUT2D eigenvalue weighted by Gasteiger charge is 2.62. The van der Waals surface area contributed by atoms with Crippen LogP contribution in [0.25, 0.3) is 11.1 Å². The van der Waals surface area contributed by atoms with Crippen molar-refractivity contribution in [2.24, 2.45) is 0 Å². The number of alkyl carbamates (subject to hydrolysis) is 1. The Morgan fingerprint density at radius 3 is 0.961 bits per heavy atom. The Morgan fingerprint density at radius 2 is 0.602 bits per heavy atom. The number of esters is 13. The van der Waals surface area contributed by atoms with E-state index in [1.807, 2.05) is 36.4 Å². The molecule has 6 aliphatic rings. The molecule has 47 nitrogen and oxygen atoms in total. The van der Waals surface area contributed by atoms with Crippen molar-refractivity contribution in [3.63, 3.8) is 0 Å². The van der Waals surface area contributed by atoms with Crippen LogP contribution >= 0.6 is 0 Å². The molecule has 0 saturated carbocycles. The number of rotatable bonds is 36. The van der Waals surface area contributed by atoms with Gasteiger partial charge >= 0.3 is 89.7 Å². The fourth-order valence-electron chi connectivity index (χ4n) is 15.2. The normalized spacial score (nSPS) is 29.7. The van der Waals surface area contributed by atoms with Gasteiger partial charge in [0.15, 0.2) is 92.4 Å². The molecule has 5 aliphatic heterocycles. The molecule has 4 amide bonds. The summed E-state index contributed by atoms with van der Waals surface area (Å²) in [6.07, 6.45) is -47.6. The Kier molecular flexibility index (Phi) is 36.8. The summed E-state index contributed by atoms with van der Waals surface area (Å²) < 4.78 is 144. The summed E-state index contributed by atoms with van der Waals surface area (Å²) in [5.74, 6) is -19.2. The number of carbonyl (C=O) groups excluding carboxylic acids is 17. The molecular formula is C81H104N4O43. The van der Waals surface area contributed by atoms with E-state index in [9.17, 15) is 91.4 Å². The highest BCUT2D eigenvalue weighted by atomic mass is 16.8. The van der Waals surface area contributed by atoms with Gasteiger partial charge in [0, 0.05) is 117 Å². The molecule has 5 heterocycles. The Hall–Kier alpha value is -11.7. The number of hydrogen-bond donors (Lipinski definition) is 5. The molecule has 706 valence electrons. The molecule has 5 N–H and O–H groups in total. The molecule has 0 bridgehead atoms. The number of nitrogens with one attached hydrogen (secondary N) is 4. The first-order valence-corrected chi connectivity index (χ1v) is 40.0. The number of carboxylic acid groups (broad SMARTS) is 1. The molecule has 0 radical (unpaired) electrons. The van der Waals surface area contributed by atoms with Gasteiger partial charge in [0.25, 0.3) is 0 Å². The number of ether oxygens (including phenoxy) is 24. The minimum atomic E-state index is -2.31. The molecule has 1 aliphatic carbocycles. The van der Waals surface area contributed by atoms with Crippen LogP contribution in [-0.2, 0) is 195 Å². The molecule has 2 aromatic carbocycles. The summed E-state index contributed by atoms with van der Waals surface area (Å²) in [5.41, 5.74) is 3.25. The third kappa shape index (κ3) is 28.2. The van der Waals surface area contributed by atoms with Crippen molar-refractivity contribution in [3.05, 3.63) is 59.7 Å². The number of fused-ring (bicyclic) bond motifs is 3. The molecule has 27 atom stereocenters. The Bertz CT molecular complexity index is 4340. The molecule has 5 fully saturated rings. The van der Waals surface area contributed by atoms with E-state index in [0.29, 0.717) is 0 Å². The van der Waals surface area contributed by atoms with Gasteiger partial charge in [0.05, 0.1) is 12.7 Å². The maximum absolute atomic E-state index is 14.1. The van der Waals surface area contributed by atoms with E-state index < -0.39 is 312 Å². The van der Waals surface area contributed by atoms with Crippen LogP contribution in [0.3, 0.4) is 0 Å². The van der Waals surface area contributed by atoms with Gasteiger partial charge in [0.1, 0.15) is 100.0 Å². The molecule has 0 aromatic heterocycles. The summed E-state index contributed by atoms with van der Waals surface area (Å²) in [6.45, 7) is 11.1. The maximum atomic E-state index is 14.1. The fraction of sp³-hybridized carbons (Fsp3) is 0.630. The van der Waals surface area contributed by atoms with Crippen LogP contribution < -0.4 is 21.3 Å². The molecular weight excluding hydrogens is 1720 g/mol. The van der Waals surface area contributed by atoms with Gasteiger partial charge in [-0.05, 0) is 29.2 Å². The van der Waals surface area contributed by atoms with Crippen molar-refractivity contribution in [2.45, 2.75) is 289 Å². The summed E-state index contributed by atoms with van der Waals surface area (Å²) in [6, 6.07) is 6.38. The number of carboxylic acids is 1. The van der Waals surface area contributed by atoms with Crippen LogP contribution in [-0.4, -0.2) is 318 Å². The lowest BCUT2D eigenvalue weighted by Gasteiger charge is -2.51. The first-order chi connectivity index (χ1) is 60.3. The van der Waals surface area contributed by atoms with Crippen LogP contribution in [0.1, 0.15) is 135 Å². The van der Waals surface area contributed by atoms with Gasteiger partial charge in [0.2, 0.25) is 17.7 Å². The summed E-state index contributed by atoms with van der Waals surface area (Å²) >= 11 is 0. The van der Waals surface area contributed by atoms with E-state index >= 15 is 0 Å². The smallest absolute Gasteiger partial charge is 0.407 e. The molecule has 5 saturated heterocycles. The van der Waals surface area contributed by atoms with Crippen molar-refractivity contribution >= 4 is 107 Å². The van der Waals surface area contributed by atoms with Crippen LogP contribution in [0.2, 0.25) is 0 Å². The van der Waals surface area contributed by atoms with Gasteiger partial charge in [-0.3, -0.25) is 76.7 Å². The monoisotopic (exact) mass is 1820 g/mol. The zero-order valence-corrected chi connectivity index (χ0v) is 72.6. The minimum Gasteiger partial charge on any atom is -0.480 e. The van der Waals surface area contributed by atoms with Gasteiger partial charge in [-0.15, -0.1) is 0 Å². The average Bonchev–Trinajstić information content (AvgIpc) is 1.60. The Balaban J connectivity index is 1.28.